The van der Waals surface area contributed by atoms with Crippen molar-refractivity contribution in [2.24, 2.45) is 0 Å². The van der Waals surface area contributed by atoms with Gasteiger partial charge in [-0.1, -0.05) is 0 Å². The van der Waals surface area contributed by atoms with Crippen molar-refractivity contribution in [1.29, 1.82) is 0 Å². The summed E-state index contributed by atoms with van der Waals surface area (Å²) in [6.07, 6.45) is 6.51. The van der Waals surface area contributed by atoms with Crippen molar-refractivity contribution in [3.05, 3.63) is 12.3 Å². The Morgan fingerprint density at radius 1 is 1.75 bits per heavy atom. The van der Waals surface area contributed by atoms with Gasteiger partial charge in [0, 0.05) is 4.75 Å². The SMILES string of the molecule is CSC1(Cn2nccc2N)CC1. The van der Waals surface area contributed by atoms with Crippen LogP contribution in [0.2, 0.25) is 0 Å². The molecule has 0 atom stereocenters. The lowest BCUT2D eigenvalue weighted by Crippen LogP contribution is -2.16. The molecule has 3 nitrogen and oxygen atoms in total. The van der Waals surface area contributed by atoms with Crippen molar-refractivity contribution >= 4 is 17.6 Å². The zero-order valence-electron chi connectivity index (χ0n) is 7.16. The first-order valence-corrected chi connectivity index (χ1v) is 5.31. The molecule has 0 aromatic carbocycles. The molecular formula is C8H13N3S. The van der Waals surface area contributed by atoms with Crippen molar-refractivity contribution < 1.29 is 0 Å². The maximum Gasteiger partial charge on any atom is 0.121 e. The number of nitrogens with two attached hydrogens (primary N) is 1. The quantitative estimate of drug-likeness (QED) is 0.769. The summed E-state index contributed by atoms with van der Waals surface area (Å²) in [6.45, 7) is 0.965. The van der Waals surface area contributed by atoms with E-state index in [1.807, 2.05) is 22.5 Å². The summed E-state index contributed by atoms with van der Waals surface area (Å²) in [5.74, 6) is 0.773. The van der Waals surface area contributed by atoms with E-state index >= 15 is 0 Å². The molecule has 0 spiro atoms. The van der Waals surface area contributed by atoms with E-state index < -0.39 is 0 Å². The van der Waals surface area contributed by atoms with Crippen LogP contribution in [0.15, 0.2) is 12.3 Å². The van der Waals surface area contributed by atoms with Crippen LogP contribution in [0.25, 0.3) is 0 Å². The minimum Gasteiger partial charge on any atom is -0.384 e. The predicted molar refractivity (Wildman–Crippen MR) is 52.1 cm³/mol. The molecule has 4 heteroatoms. The zero-order chi connectivity index (χ0) is 8.60. The van der Waals surface area contributed by atoms with Crippen LogP contribution >= 0.6 is 11.8 Å². The van der Waals surface area contributed by atoms with Crippen LogP contribution in [0.3, 0.4) is 0 Å². The van der Waals surface area contributed by atoms with Crippen LogP contribution in [0.4, 0.5) is 5.82 Å². The van der Waals surface area contributed by atoms with Gasteiger partial charge in [-0.3, -0.25) is 0 Å². The Kier molecular flexibility index (Phi) is 1.79. The highest BCUT2D eigenvalue weighted by molar-refractivity contribution is 8.00. The van der Waals surface area contributed by atoms with Crippen LogP contribution in [-0.2, 0) is 6.54 Å². The third-order valence-corrected chi connectivity index (χ3v) is 3.83. The van der Waals surface area contributed by atoms with Gasteiger partial charge in [0.15, 0.2) is 0 Å². The number of thioether (sulfide) groups is 1. The molecule has 1 aromatic rings. The van der Waals surface area contributed by atoms with Crippen molar-refractivity contribution in [2.45, 2.75) is 24.1 Å². The molecule has 0 amide bonds. The lowest BCUT2D eigenvalue weighted by molar-refractivity contribution is 0.597. The molecule has 12 heavy (non-hydrogen) atoms. The van der Waals surface area contributed by atoms with Crippen LogP contribution in [0.5, 0.6) is 0 Å². The van der Waals surface area contributed by atoms with E-state index in [2.05, 4.69) is 11.4 Å². The van der Waals surface area contributed by atoms with Crippen LogP contribution in [0.1, 0.15) is 12.8 Å². The van der Waals surface area contributed by atoms with Crippen molar-refractivity contribution in [2.75, 3.05) is 12.0 Å². The van der Waals surface area contributed by atoms with Crippen LogP contribution < -0.4 is 5.73 Å². The number of hydrogen-bond donors (Lipinski definition) is 1. The molecule has 1 saturated carbocycles. The molecule has 0 unspecified atom stereocenters. The van der Waals surface area contributed by atoms with E-state index in [1.54, 1.807) is 6.20 Å². The monoisotopic (exact) mass is 183 g/mol. The summed E-state index contributed by atoms with van der Waals surface area (Å²) in [6, 6.07) is 1.84. The van der Waals surface area contributed by atoms with Crippen molar-refractivity contribution in [3.63, 3.8) is 0 Å². The average Bonchev–Trinajstić information content (AvgIpc) is 2.74. The van der Waals surface area contributed by atoms with Gasteiger partial charge in [0.2, 0.25) is 0 Å². The number of rotatable bonds is 3. The van der Waals surface area contributed by atoms with Crippen LogP contribution in [0, 0.1) is 0 Å². The molecule has 66 valence electrons. The Morgan fingerprint density at radius 3 is 2.92 bits per heavy atom. The minimum absolute atomic E-state index is 0.445. The molecule has 0 aliphatic heterocycles. The molecule has 1 fully saturated rings. The fourth-order valence-electron chi connectivity index (χ4n) is 1.31. The summed E-state index contributed by atoms with van der Waals surface area (Å²) in [7, 11) is 0. The Balaban J connectivity index is 2.08. The topological polar surface area (TPSA) is 43.8 Å². The molecule has 1 aliphatic carbocycles. The Labute approximate surface area is 76.3 Å². The van der Waals surface area contributed by atoms with Gasteiger partial charge in [-0.25, -0.2) is 4.68 Å². The summed E-state index contributed by atoms with van der Waals surface area (Å²) in [5.41, 5.74) is 5.72. The largest absolute Gasteiger partial charge is 0.384 e. The van der Waals surface area contributed by atoms with Gasteiger partial charge in [0.05, 0.1) is 12.7 Å². The van der Waals surface area contributed by atoms with Gasteiger partial charge in [-0.15, -0.1) is 0 Å². The van der Waals surface area contributed by atoms with E-state index in [0.29, 0.717) is 4.75 Å². The summed E-state index contributed by atoms with van der Waals surface area (Å²) < 4.78 is 2.34. The lowest BCUT2D eigenvalue weighted by Gasteiger charge is -2.12. The van der Waals surface area contributed by atoms with Gasteiger partial charge in [0.1, 0.15) is 5.82 Å². The maximum absolute atomic E-state index is 5.72. The first kappa shape index (κ1) is 7.98. The Bertz CT molecular complexity index is 278. The smallest absolute Gasteiger partial charge is 0.121 e. The van der Waals surface area contributed by atoms with Gasteiger partial charge >= 0.3 is 0 Å². The predicted octanol–water partition coefficient (Wildman–Crippen LogP) is 1.36. The second kappa shape index (κ2) is 2.69. The molecule has 1 aliphatic rings. The number of anilines is 1. The molecule has 0 saturated heterocycles. The highest BCUT2D eigenvalue weighted by atomic mass is 32.2. The Hall–Kier alpha value is -0.640. The van der Waals surface area contributed by atoms with Gasteiger partial charge < -0.3 is 5.73 Å². The lowest BCUT2D eigenvalue weighted by atomic mass is 10.4. The van der Waals surface area contributed by atoms with Gasteiger partial charge in [-0.2, -0.15) is 16.9 Å². The standard InChI is InChI=1S/C8H13N3S/c1-12-8(3-4-8)6-11-7(9)2-5-10-11/h2,5H,3-4,6,9H2,1H3. The average molecular weight is 183 g/mol. The highest BCUT2D eigenvalue weighted by Gasteiger charge is 2.42. The fraction of sp³-hybridized carbons (Fsp3) is 0.625. The highest BCUT2D eigenvalue weighted by Crippen LogP contribution is 2.48. The first-order chi connectivity index (χ1) is 5.76. The number of nitrogen functional groups attached to an aromatic ring is 1. The summed E-state index contributed by atoms with van der Waals surface area (Å²) >= 11 is 1.93. The molecule has 0 radical (unpaired) electrons. The number of hydrogen-bond acceptors (Lipinski definition) is 3. The fourth-order valence-corrected chi connectivity index (χ4v) is 2.08. The second-order valence-electron chi connectivity index (χ2n) is 3.30. The number of aromatic nitrogens is 2. The summed E-state index contributed by atoms with van der Waals surface area (Å²) in [4.78, 5) is 0. The van der Waals surface area contributed by atoms with Gasteiger partial charge in [0.25, 0.3) is 0 Å². The van der Waals surface area contributed by atoms with E-state index in [4.69, 9.17) is 5.73 Å². The number of nitrogens with zero attached hydrogens (tertiary/aromatic N) is 2. The second-order valence-corrected chi connectivity index (χ2v) is 4.58. The maximum atomic E-state index is 5.72. The Morgan fingerprint density at radius 2 is 2.50 bits per heavy atom. The third-order valence-electron chi connectivity index (χ3n) is 2.43. The van der Waals surface area contributed by atoms with Crippen molar-refractivity contribution in [3.8, 4) is 0 Å². The molecule has 2 rings (SSSR count). The van der Waals surface area contributed by atoms with E-state index in [9.17, 15) is 0 Å². The van der Waals surface area contributed by atoms with E-state index in [1.165, 1.54) is 12.8 Å². The molecule has 1 aromatic heterocycles. The van der Waals surface area contributed by atoms with E-state index in [0.717, 1.165) is 12.4 Å². The zero-order valence-corrected chi connectivity index (χ0v) is 7.97. The van der Waals surface area contributed by atoms with Crippen LogP contribution in [-0.4, -0.2) is 20.8 Å². The summed E-state index contributed by atoms with van der Waals surface area (Å²) in [5, 5.41) is 4.17. The molecule has 0 bridgehead atoms. The van der Waals surface area contributed by atoms with E-state index in [-0.39, 0.29) is 0 Å². The molecule has 2 N–H and O–H groups in total. The first-order valence-electron chi connectivity index (χ1n) is 4.08. The minimum atomic E-state index is 0.445. The molecule has 1 heterocycles. The normalized spacial score (nSPS) is 19.4. The third kappa shape index (κ3) is 1.31. The molecular weight excluding hydrogens is 170 g/mol. The van der Waals surface area contributed by atoms with Crippen molar-refractivity contribution in [1.82, 2.24) is 9.78 Å². The van der Waals surface area contributed by atoms with Gasteiger partial charge in [-0.05, 0) is 25.2 Å².